The highest BCUT2D eigenvalue weighted by molar-refractivity contribution is 7.84. The summed E-state index contributed by atoms with van der Waals surface area (Å²) in [6.07, 6.45) is -4.14. The van der Waals surface area contributed by atoms with E-state index in [0.717, 1.165) is 0 Å². The number of ether oxygens (including phenoxy) is 1. The van der Waals surface area contributed by atoms with Crippen molar-refractivity contribution in [2.45, 2.75) is 45.1 Å². The smallest absolute Gasteiger partial charge is 0.278 e. The van der Waals surface area contributed by atoms with Crippen LogP contribution in [0, 0.1) is 0 Å². The molecule has 86 valence electrons. The molecule has 0 bridgehead atoms. The number of nitrogens with one attached hydrogen (secondary N) is 1. The van der Waals surface area contributed by atoms with Crippen molar-refractivity contribution in [3.05, 3.63) is 0 Å². The van der Waals surface area contributed by atoms with Crippen molar-refractivity contribution in [2.24, 2.45) is 0 Å². The molecule has 0 rings (SSSR count). The molecule has 0 aromatic heterocycles. The summed E-state index contributed by atoms with van der Waals surface area (Å²) in [5.41, 5.74) is 0. The van der Waals surface area contributed by atoms with Crippen molar-refractivity contribution in [2.75, 3.05) is 6.61 Å². The lowest BCUT2D eigenvalue weighted by atomic mass is 10.3. The van der Waals surface area contributed by atoms with Crippen LogP contribution in [0.25, 0.3) is 0 Å². The molecule has 0 heterocycles. The van der Waals surface area contributed by atoms with Crippen molar-refractivity contribution in [1.29, 1.82) is 0 Å². The van der Waals surface area contributed by atoms with Crippen molar-refractivity contribution in [3.8, 4) is 0 Å². The van der Waals surface area contributed by atoms with Gasteiger partial charge in [0.2, 0.25) is 0 Å². The van der Waals surface area contributed by atoms with Crippen molar-refractivity contribution in [1.82, 2.24) is 4.72 Å². The van der Waals surface area contributed by atoms with Crippen molar-refractivity contribution in [3.63, 3.8) is 0 Å². The fourth-order valence-corrected chi connectivity index (χ4v) is 1.36. The molecule has 1 N–H and O–H groups in total. The summed E-state index contributed by atoms with van der Waals surface area (Å²) in [4.78, 5) is 0. The minimum Gasteiger partial charge on any atom is -0.357 e. The summed E-state index contributed by atoms with van der Waals surface area (Å²) in [5, 5.41) is 0. The van der Waals surface area contributed by atoms with Gasteiger partial charge < -0.3 is 4.74 Å². The van der Waals surface area contributed by atoms with Gasteiger partial charge in [0.1, 0.15) is 0 Å². The molecule has 0 aliphatic carbocycles. The third-order valence-electron chi connectivity index (χ3n) is 1.35. The maximum absolute atomic E-state index is 12.3. The molecule has 0 aromatic rings. The summed E-state index contributed by atoms with van der Waals surface area (Å²) in [6.45, 7) is 6.86. The third-order valence-corrected chi connectivity index (χ3v) is 2.91. The van der Waals surface area contributed by atoms with Crippen molar-refractivity contribution >= 4 is 11.0 Å². The van der Waals surface area contributed by atoms with E-state index in [2.05, 4.69) is 4.72 Å². The van der Waals surface area contributed by atoms with Crippen LogP contribution in [-0.4, -0.2) is 28.2 Å². The zero-order chi connectivity index (χ0) is 11.4. The summed E-state index contributed by atoms with van der Waals surface area (Å²) in [7, 11) is -1.54. The molecular weight excluding hydrogens is 212 g/mol. The Hall–Kier alpha value is -0.0700. The molecule has 14 heavy (non-hydrogen) atoms. The lowest BCUT2D eigenvalue weighted by molar-refractivity contribution is -0.0564. The standard InChI is InChI=1S/C8H17F2NO2S/c1-5-13-7(6(9)10)11-14(12)8(2,3)4/h6-7,11H,5H2,1-4H3. The molecule has 0 saturated heterocycles. The van der Waals surface area contributed by atoms with Gasteiger partial charge in [-0.25, -0.2) is 17.7 Å². The lowest BCUT2D eigenvalue weighted by Gasteiger charge is -2.23. The van der Waals surface area contributed by atoms with Crippen LogP contribution >= 0.6 is 0 Å². The minimum atomic E-state index is -2.68. The van der Waals surface area contributed by atoms with Gasteiger partial charge in [-0.2, -0.15) is 0 Å². The van der Waals surface area contributed by atoms with E-state index in [0.29, 0.717) is 0 Å². The quantitative estimate of drug-likeness (QED) is 0.728. The predicted octanol–water partition coefficient (Wildman–Crippen LogP) is 1.67. The Labute approximate surface area is 85.8 Å². The van der Waals surface area contributed by atoms with Crippen LogP contribution in [0.3, 0.4) is 0 Å². The molecular formula is C8H17F2NO2S. The van der Waals surface area contributed by atoms with E-state index in [1.165, 1.54) is 0 Å². The molecule has 2 atom stereocenters. The number of halogens is 2. The van der Waals surface area contributed by atoms with E-state index >= 15 is 0 Å². The van der Waals surface area contributed by atoms with Crippen LogP contribution in [0.5, 0.6) is 0 Å². The van der Waals surface area contributed by atoms with Gasteiger partial charge in [-0.05, 0) is 27.7 Å². The fourth-order valence-electron chi connectivity index (χ4n) is 0.620. The Morgan fingerprint density at radius 2 is 1.93 bits per heavy atom. The Balaban J connectivity index is 4.24. The average Bonchev–Trinajstić information content (AvgIpc) is 2.01. The normalized spacial score (nSPS) is 17.1. The minimum absolute atomic E-state index is 0.156. The molecule has 0 aliphatic heterocycles. The Morgan fingerprint density at radius 1 is 1.43 bits per heavy atom. The number of alkyl halides is 2. The van der Waals surface area contributed by atoms with Gasteiger partial charge in [-0.3, -0.25) is 0 Å². The topological polar surface area (TPSA) is 38.3 Å². The van der Waals surface area contributed by atoms with E-state index in [9.17, 15) is 13.0 Å². The molecule has 6 heteroatoms. The third kappa shape index (κ3) is 4.97. The summed E-state index contributed by atoms with van der Waals surface area (Å²) < 4.78 is 42.5. The van der Waals surface area contributed by atoms with Crippen LogP contribution in [-0.2, 0) is 15.7 Å². The molecule has 0 aliphatic rings. The largest absolute Gasteiger partial charge is 0.357 e. The molecule has 0 amide bonds. The van der Waals surface area contributed by atoms with Gasteiger partial charge >= 0.3 is 0 Å². The molecule has 0 aromatic carbocycles. The molecule has 0 saturated carbocycles. The number of rotatable bonds is 5. The second-order valence-electron chi connectivity index (χ2n) is 3.71. The van der Waals surface area contributed by atoms with E-state index in [1.807, 2.05) is 0 Å². The summed E-state index contributed by atoms with van der Waals surface area (Å²) in [6, 6.07) is 0. The van der Waals surface area contributed by atoms with Gasteiger partial charge in [-0.1, -0.05) is 0 Å². The molecule has 0 spiro atoms. The van der Waals surface area contributed by atoms with Gasteiger partial charge in [0.05, 0.1) is 15.7 Å². The first kappa shape index (κ1) is 13.9. The first-order valence-electron chi connectivity index (χ1n) is 4.36. The van der Waals surface area contributed by atoms with Crippen LogP contribution in [0.4, 0.5) is 8.78 Å². The zero-order valence-corrected chi connectivity index (χ0v) is 9.66. The van der Waals surface area contributed by atoms with E-state index in [4.69, 9.17) is 4.74 Å². The lowest BCUT2D eigenvalue weighted by Crippen LogP contribution is -2.44. The van der Waals surface area contributed by atoms with E-state index in [-0.39, 0.29) is 6.61 Å². The Morgan fingerprint density at radius 3 is 2.21 bits per heavy atom. The van der Waals surface area contributed by atoms with Crippen LogP contribution in [0.2, 0.25) is 0 Å². The number of hydrogen-bond acceptors (Lipinski definition) is 2. The van der Waals surface area contributed by atoms with Crippen LogP contribution in [0.15, 0.2) is 0 Å². The highest BCUT2D eigenvalue weighted by atomic mass is 32.2. The Kier molecular flexibility index (Phi) is 5.70. The van der Waals surface area contributed by atoms with Gasteiger partial charge in [0.25, 0.3) is 6.43 Å². The molecule has 0 fully saturated rings. The Bertz CT molecular complexity index is 194. The maximum atomic E-state index is 12.3. The molecule has 0 radical (unpaired) electrons. The highest BCUT2D eigenvalue weighted by Crippen LogP contribution is 2.12. The van der Waals surface area contributed by atoms with Crippen molar-refractivity contribution < 1.29 is 17.7 Å². The first-order chi connectivity index (χ1) is 6.29. The van der Waals surface area contributed by atoms with Crippen LogP contribution in [0.1, 0.15) is 27.7 Å². The molecule has 2 unspecified atom stereocenters. The zero-order valence-electron chi connectivity index (χ0n) is 8.84. The molecule has 3 nitrogen and oxygen atoms in total. The number of hydrogen-bond donors (Lipinski definition) is 1. The second-order valence-corrected chi connectivity index (χ2v) is 5.71. The second kappa shape index (κ2) is 5.72. The average molecular weight is 229 g/mol. The van der Waals surface area contributed by atoms with E-state index in [1.54, 1.807) is 27.7 Å². The van der Waals surface area contributed by atoms with E-state index < -0.39 is 28.4 Å². The van der Waals surface area contributed by atoms with Gasteiger partial charge in [-0.15, -0.1) is 0 Å². The summed E-state index contributed by atoms with van der Waals surface area (Å²) >= 11 is 0. The highest BCUT2D eigenvalue weighted by Gasteiger charge is 2.27. The fraction of sp³-hybridized carbons (Fsp3) is 1.00. The first-order valence-corrected chi connectivity index (χ1v) is 5.51. The monoisotopic (exact) mass is 229 g/mol. The summed E-state index contributed by atoms with van der Waals surface area (Å²) in [5.74, 6) is 0. The maximum Gasteiger partial charge on any atom is 0.278 e. The SMILES string of the molecule is CCOC(NS(=O)C(C)(C)C)C(F)F. The van der Waals surface area contributed by atoms with Gasteiger partial charge in [0.15, 0.2) is 6.23 Å². The van der Waals surface area contributed by atoms with Gasteiger partial charge in [0, 0.05) is 6.61 Å². The van der Waals surface area contributed by atoms with Crippen LogP contribution < -0.4 is 4.72 Å². The predicted molar refractivity (Wildman–Crippen MR) is 52.4 cm³/mol.